The zero-order valence-electron chi connectivity index (χ0n) is 11.8. The Kier molecular flexibility index (Phi) is 3.99. The van der Waals surface area contributed by atoms with Gasteiger partial charge in [0, 0.05) is 43.8 Å². The fourth-order valence-electron chi connectivity index (χ4n) is 2.40. The van der Waals surface area contributed by atoms with Crippen molar-refractivity contribution in [1.82, 2.24) is 9.80 Å². The molecule has 0 aliphatic carbocycles. The summed E-state index contributed by atoms with van der Waals surface area (Å²) in [7, 11) is 0. The minimum absolute atomic E-state index is 0.162. The van der Waals surface area contributed by atoms with E-state index in [0.29, 0.717) is 25.4 Å². The summed E-state index contributed by atoms with van der Waals surface area (Å²) in [5.41, 5.74) is -0.452. The van der Waals surface area contributed by atoms with Gasteiger partial charge in [0.15, 0.2) is 0 Å². The third-order valence-corrected chi connectivity index (χ3v) is 3.63. The van der Waals surface area contributed by atoms with E-state index in [1.54, 1.807) is 4.90 Å². The van der Waals surface area contributed by atoms with Crippen molar-refractivity contribution in [1.29, 1.82) is 0 Å². The molecule has 19 heavy (non-hydrogen) atoms. The van der Waals surface area contributed by atoms with Crippen molar-refractivity contribution < 1.29 is 14.3 Å². The molecule has 2 aliphatic rings. The number of thiol groups is 1. The highest BCUT2D eigenvalue weighted by Gasteiger charge is 2.37. The monoisotopic (exact) mass is 286 g/mol. The van der Waals surface area contributed by atoms with Crippen molar-refractivity contribution in [2.75, 3.05) is 26.2 Å². The Morgan fingerprint density at radius 1 is 1.37 bits per heavy atom. The molecule has 2 amide bonds. The maximum atomic E-state index is 11.8. The minimum atomic E-state index is -0.452. The molecule has 108 valence electrons. The normalized spacial score (nSPS) is 24.6. The summed E-state index contributed by atoms with van der Waals surface area (Å²) in [5, 5.41) is 0.162. The molecule has 0 radical (unpaired) electrons. The van der Waals surface area contributed by atoms with E-state index in [0.717, 1.165) is 13.1 Å². The van der Waals surface area contributed by atoms with Crippen LogP contribution in [0.5, 0.6) is 0 Å². The van der Waals surface area contributed by atoms with Crippen molar-refractivity contribution in [3.05, 3.63) is 0 Å². The number of rotatable bonds is 2. The van der Waals surface area contributed by atoms with Crippen LogP contribution in [-0.2, 0) is 9.53 Å². The molecule has 2 heterocycles. The van der Waals surface area contributed by atoms with Crippen LogP contribution in [0.4, 0.5) is 4.79 Å². The summed E-state index contributed by atoms with van der Waals surface area (Å²) >= 11 is 4.33. The standard InChI is InChI=1S/C13H22N2O3S/c1-13(2,3)18-12(17)15-6-9(7-15)5-14-8-10(19)4-11(14)16/h9-10,19H,4-8H2,1-3H3. The summed E-state index contributed by atoms with van der Waals surface area (Å²) in [6, 6.07) is 0. The highest BCUT2D eigenvalue weighted by atomic mass is 32.1. The average molecular weight is 286 g/mol. The number of amides is 2. The molecule has 6 heteroatoms. The van der Waals surface area contributed by atoms with Gasteiger partial charge in [-0.1, -0.05) is 0 Å². The second kappa shape index (κ2) is 5.23. The van der Waals surface area contributed by atoms with Crippen molar-refractivity contribution in [3.8, 4) is 0 Å². The van der Waals surface area contributed by atoms with Gasteiger partial charge < -0.3 is 14.5 Å². The first-order chi connectivity index (χ1) is 8.74. The number of carbonyl (C=O) groups excluding carboxylic acids is 2. The fraction of sp³-hybridized carbons (Fsp3) is 0.846. The Morgan fingerprint density at radius 2 is 2.00 bits per heavy atom. The van der Waals surface area contributed by atoms with Gasteiger partial charge >= 0.3 is 6.09 Å². The molecule has 0 saturated carbocycles. The first-order valence-electron chi connectivity index (χ1n) is 6.68. The third-order valence-electron chi connectivity index (χ3n) is 3.28. The SMILES string of the molecule is CC(C)(C)OC(=O)N1CC(CN2CC(S)CC2=O)C1. The van der Waals surface area contributed by atoms with Gasteiger partial charge in [0.2, 0.25) is 5.91 Å². The number of likely N-dealkylation sites (tertiary alicyclic amines) is 2. The van der Waals surface area contributed by atoms with Crippen LogP contribution in [-0.4, -0.2) is 58.8 Å². The van der Waals surface area contributed by atoms with Crippen LogP contribution in [0.3, 0.4) is 0 Å². The average Bonchev–Trinajstić information content (AvgIpc) is 2.47. The summed E-state index contributed by atoms with van der Waals surface area (Å²) in [6.45, 7) is 8.39. The summed E-state index contributed by atoms with van der Waals surface area (Å²) < 4.78 is 5.29. The van der Waals surface area contributed by atoms with Gasteiger partial charge in [-0.3, -0.25) is 4.79 Å². The van der Waals surface area contributed by atoms with E-state index < -0.39 is 5.60 Å². The van der Waals surface area contributed by atoms with E-state index in [2.05, 4.69) is 12.6 Å². The fourth-order valence-corrected chi connectivity index (χ4v) is 2.75. The molecule has 2 saturated heterocycles. The van der Waals surface area contributed by atoms with Crippen LogP contribution in [0.25, 0.3) is 0 Å². The van der Waals surface area contributed by atoms with Crippen LogP contribution in [0, 0.1) is 5.92 Å². The van der Waals surface area contributed by atoms with E-state index in [4.69, 9.17) is 4.74 Å². The molecule has 0 N–H and O–H groups in total. The zero-order valence-corrected chi connectivity index (χ0v) is 12.7. The molecular weight excluding hydrogens is 264 g/mol. The summed E-state index contributed by atoms with van der Waals surface area (Å²) in [5.74, 6) is 0.547. The Balaban J connectivity index is 1.72. The lowest BCUT2D eigenvalue weighted by Crippen LogP contribution is -2.55. The Hall–Kier alpha value is -0.910. The maximum absolute atomic E-state index is 11.8. The van der Waals surface area contributed by atoms with Gasteiger partial charge in [0.05, 0.1) is 0 Å². The van der Waals surface area contributed by atoms with Crippen molar-refractivity contribution in [3.63, 3.8) is 0 Å². The van der Waals surface area contributed by atoms with Crippen LogP contribution >= 0.6 is 12.6 Å². The number of ether oxygens (including phenoxy) is 1. The highest BCUT2D eigenvalue weighted by Crippen LogP contribution is 2.23. The molecule has 0 aromatic rings. The lowest BCUT2D eigenvalue weighted by Gasteiger charge is -2.41. The summed E-state index contributed by atoms with van der Waals surface area (Å²) in [6.07, 6.45) is 0.273. The van der Waals surface area contributed by atoms with Crippen molar-refractivity contribution in [2.45, 2.75) is 38.0 Å². The lowest BCUT2D eigenvalue weighted by atomic mass is 10.0. The van der Waals surface area contributed by atoms with Crippen LogP contribution in [0.2, 0.25) is 0 Å². The minimum Gasteiger partial charge on any atom is -0.444 e. The molecule has 2 rings (SSSR count). The first-order valence-corrected chi connectivity index (χ1v) is 7.20. The van der Waals surface area contributed by atoms with E-state index >= 15 is 0 Å². The maximum Gasteiger partial charge on any atom is 0.410 e. The first kappa shape index (κ1) is 14.5. The number of nitrogens with zero attached hydrogens (tertiary/aromatic N) is 2. The van der Waals surface area contributed by atoms with Gasteiger partial charge in [-0.25, -0.2) is 4.79 Å². The molecule has 0 spiro atoms. The van der Waals surface area contributed by atoms with E-state index in [9.17, 15) is 9.59 Å². The molecular formula is C13H22N2O3S. The van der Waals surface area contributed by atoms with E-state index in [1.807, 2.05) is 25.7 Å². The van der Waals surface area contributed by atoms with Gasteiger partial charge in [0.25, 0.3) is 0 Å². The molecule has 1 unspecified atom stereocenters. The summed E-state index contributed by atoms with van der Waals surface area (Å²) in [4.78, 5) is 26.9. The lowest BCUT2D eigenvalue weighted by molar-refractivity contribution is -0.128. The molecule has 0 bridgehead atoms. The van der Waals surface area contributed by atoms with Crippen LogP contribution < -0.4 is 0 Å². The molecule has 1 atom stereocenters. The van der Waals surface area contributed by atoms with Gasteiger partial charge in [0.1, 0.15) is 5.60 Å². The molecule has 0 aromatic heterocycles. The molecule has 0 aromatic carbocycles. The van der Waals surface area contributed by atoms with Gasteiger partial charge in [-0.15, -0.1) is 0 Å². The van der Waals surface area contributed by atoms with Gasteiger partial charge in [-0.2, -0.15) is 12.6 Å². The number of hydrogen-bond donors (Lipinski definition) is 1. The second-order valence-electron chi connectivity index (χ2n) is 6.41. The largest absolute Gasteiger partial charge is 0.444 e. The molecule has 2 fully saturated rings. The predicted molar refractivity (Wildman–Crippen MR) is 75.3 cm³/mol. The van der Waals surface area contributed by atoms with Crippen LogP contribution in [0.15, 0.2) is 0 Å². The predicted octanol–water partition coefficient (Wildman–Crippen LogP) is 1.38. The van der Waals surface area contributed by atoms with Crippen molar-refractivity contribution in [2.24, 2.45) is 5.92 Å². The quantitative estimate of drug-likeness (QED) is 0.780. The van der Waals surface area contributed by atoms with E-state index in [1.165, 1.54) is 0 Å². The zero-order chi connectivity index (χ0) is 14.2. The number of carbonyl (C=O) groups is 2. The third kappa shape index (κ3) is 3.78. The topological polar surface area (TPSA) is 49.9 Å². The highest BCUT2D eigenvalue weighted by molar-refractivity contribution is 7.81. The Bertz CT molecular complexity index is 375. The molecule has 2 aliphatic heterocycles. The smallest absolute Gasteiger partial charge is 0.410 e. The van der Waals surface area contributed by atoms with Crippen LogP contribution in [0.1, 0.15) is 27.2 Å². The van der Waals surface area contributed by atoms with E-state index in [-0.39, 0.29) is 17.3 Å². The second-order valence-corrected chi connectivity index (χ2v) is 7.14. The molecule has 5 nitrogen and oxygen atoms in total. The number of hydrogen-bond acceptors (Lipinski definition) is 4. The Labute approximate surface area is 119 Å². The van der Waals surface area contributed by atoms with Crippen molar-refractivity contribution >= 4 is 24.6 Å². The Morgan fingerprint density at radius 3 is 2.47 bits per heavy atom. The van der Waals surface area contributed by atoms with Gasteiger partial charge in [-0.05, 0) is 20.8 Å².